The third-order valence-corrected chi connectivity index (χ3v) is 5.10. The van der Waals surface area contributed by atoms with Crippen LogP contribution in [0.25, 0.3) is 0 Å². The van der Waals surface area contributed by atoms with Crippen LogP contribution in [0, 0.1) is 20.8 Å². The molecule has 1 aliphatic rings. The second-order valence-corrected chi connectivity index (χ2v) is 7.20. The van der Waals surface area contributed by atoms with Gasteiger partial charge in [-0.3, -0.25) is 0 Å². The number of aryl methyl sites for hydroxylation is 3. The first-order valence-electron chi connectivity index (χ1n) is 9.67. The quantitative estimate of drug-likeness (QED) is 0.489. The Morgan fingerprint density at radius 2 is 2.18 bits per heavy atom. The highest BCUT2D eigenvalue weighted by atomic mass is 16.5. The maximum atomic E-state index is 6.08. The van der Waals surface area contributed by atoms with E-state index in [1.165, 1.54) is 16.7 Å². The summed E-state index contributed by atoms with van der Waals surface area (Å²) in [5.41, 5.74) is 3.77. The Balaban J connectivity index is 1.78. The van der Waals surface area contributed by atoms with Gasteiger partial charge in [-0.15, -0.1) is 16.8 Å². The molecule has 1 aliphatic heterocycles. The molecule has 28 heavy (non-hydrogen) atoms. The Hall–Kier alpha value is -2.67. The van der Waals surface area contributed by atoms with Crippen molar-refractivity contribution in [2.24, 2.45) is 12.0 Å². The zero-order valence-corrected chi connectivity index (χ0v) is 17.3. The minimum Gasteiger partial charge on any atom is -0.370 e. The van der Waals surface area contributed by atoms with E-state index in [4.69, 9.17) is 9.73 Å². The number of hydrogen-bond acceptors (Lipinski definition) is 4. The van der Waals surface area contributed by atoms with Crippen LogP contribution in [0.1, 0.15) is 34.4 Å². The molecule has 0 saturated carbocycles. The van der Waals surface area contributed by atoms with Crippen molar-refractivity contribution in [1.29, 1.82) is 0 Å². The SMILES string of the molecule is C=CCNC(=NCc1nnc(C)n1C)N1CCOC(c2ccc(C)cc2C)C1. The zero-order valence-electron chi connectivity index (χ0n) is 17.3. The van der Waals surface area contributed by atoms with Gasteiger partial charge < -0.3 is 19.5 Å². The van der Waals surface area contributed by atoms with Crippen LogP contribution >= 0.6 is 0 Å². The first-order valence-corrected chi connectivity index (χ1v) is 9.67. The molecule has 1 aromatic carbocycles. The van der Waals surface area contributed by atoms with Crippen molar-refractivity contribution in [1.82, 2.24) is 25.0 Å². The van der Waals surface area contributed by atoms with E-state index in [9.17, 15) is 0 Å². The molecule has 0 amide bonds. The number of rotatable bonds is 5. The summed E-state index contributed by atoms with van der Waals surface area (Å²) in [4.78, 5) is 7.05. The van der Waals surface area contributed by atoms with Crippen molar-refractivity contribution in [3.63, 3.8) is 0 Å². The monoisotopic (exact) mass is 382 g/mol. The summed E-state index contributed by atoms with van der Waals surface area (Å²) >= 11 is 0. The smallest absolute Gasteiger partial charge is 0.194 e. The van der Waals surface area contributed by atoms with E-state index in [0.29, 0.717) is 19.7 Å². The Bertz CT molecular complexity index is 857. The van der Waals surface area contributed by atoms with E-state index >= 15 is 0 Å². The van der Waals surface area contributed by atoms with Crippen molar-refractivity contribution in [2.75, 3.05) is 26.2 Å². The van der Waals surface area contributed by atoms with Crippen molar-refractivity contribution in [2.45, 2.75) is 33.4 Å². The lowest BCUT2D eigenvalue weighted by atomic mass is 10.00. The average Bonchev–Trinajstić information content (AvgIpc) is 3.00. The predicted molar refractivity (Wildman–Crippen MR) is 111 cm³/mol. The molecule has 1 fully saturated rings. The summed E-state index contributed by atoms with van der Waals surface area (Å²) in [5, 5.41) is 11.7. The number of guanidine groups is 1. The molecule has 7 heteroatoms. The maximum absolute atomic E-state index is 6.08. The van der Waals surface area contributed by atoms with Crippen LogP contribution in [0.4, 0.5) is 0 Å². The molecule has 1 unspecified atom stereocenters. The number of ether oxygens (including phenoxy) is 1. The van der Waals surface area contributed by atoms with Gasteiger partial charge in [0.25, 0.3) is 0 Å². The van der Waals surface area contributed by atoms with E-state index in [-0.39, 0.29) is 6.10 Å². The molecular formula is C21H30N6O. The minimum atomic E-state index is 0.0298. The van der Waals surface area contributed by atoms with Crippen LogP contribution in [0.15, 0.2) is 35.8 Å². The number of aromatic nitrogens is 3. The minimum absolute atomic E-state index is 0.0298. The highest BCUT2D eigenvalue weighted by Gasteiger charge is 2.25. The van der Waals surface area contributed by atoms with Crippen LogP contribution in [-0.2, 0) is 18.3 Å². The summed E-state index contributed by atoms with van der Waals surface area (Å²) in [6, 6.07) is 6.53. The van der Waals surface area contributed by atoms with Crippen molar-refractivity contribution in [3.05, 3.63) is 59.2 Å². The molecule has 0 aliphatic carbocycles. The second kappa shape index (κ2) is 9.01. The van der Waals surface area contributed by atoms with Crippen LogP contribution in [0.2, 0.25) is 0 Å². The van der Waals surface area contributed by atoms with Gasteiger partial charge in [0.15, 0.2) is 11.8 Å². The van der Waals surface area contributed by atoms with Gasteiger partial charge >= 0.3 is 0 Å². The average molecular weight is 383 g/mol. The van der Waals surface area contributed by atoms with Crippen LogP contribution in [0.5, 0.6) is 0 Å². The third-order valence-electron chi connectivity index (χ3n) is 5.10. The molecule has 1 aromatic heterocycles. The molecule has 1 atom stereocenters. The summed E-state index contributed by atoms with van der Waals surface area (Å²) < 4.78 is 8.05. The lowest BCUT2D eigenvalue weighted by Crippen LogP contribution is -2.48. The summed E-state index contributed by atoms with van der Waals surface area (Å²) in [6.07, 6.45) is 1.87. The van der Waals surface area contributed by atoms with Gasteiger partial charge in [-0.1, -0.05) is 29.8 Å². The molecule has 3 rings (SSSR count). The Labute approximate surface area is 167 Å². The maximum Gasteiger partial charge on any atom is 0.194 e. The molecule has 150 valence electrons. The molecule has 7 nitrogen and oxygen atoms in total. The zero-order chi connectivity index (χ0) is 20.1. The van der Waals surface area contributed by atoms with Gasteiger partial charge in [0.1, 0.15) is 18.5 Å². The van der Waals surface area contributed by atoms with Crippen LogP contribution in [-0.4, -0.2) is 51.9 Å². The lowest BCUT2D eigenvalue weighted by Gasteiger charge is -2.36. The first kappa shape index (κ1) is 20.1. The van der Waals surface area contributed by atoms with Gasteiger partial charge in [0, 0.05) is 20.1 Å². The molecule has 1 N–H and O–H groups in total. The molecule has 0 spiro atoms. The Kier molecular flexibility index (Phi) is 6.46. The standard InChI is InChI=1S/C21H30N6O/c1-6-9-22-21(23-13-20-25-24-17(4)26(20)5)27-10-11-28-19(14-27)18-8-7-15(2)12-16(18)3/h6-8,12,19H,1,9-11,13-14H2,2-5H3,(H,22,23). The van der Waals surface area contributed by atoms with Crippen molar-refractivity contribution < 1.29 is 4.74 Å². The number of aliphatic imine (C=N–C) groups is 1. The highest BCUT2D eigenvalue weighted by molar-refractivity contribution is 5.80. The fourth-order valence-corrected chi connectivity index (χ4v) is 3.38. The molecular weight excluding hydrogens is 352 g/mol. The Morgan fingerprint density at radius 1 is 1.36 bits per heavy atom. The Morgan fingerprint density at radius 3 is 2.86 bits per heavy atom. The number of morpholine rings is 1. The first-order chi connectivity index (χ1) is 13.5. The van der Waals surface area contributed by atoms with E-state index in [2.05, 4.69) is 59.0 Å². The van der Waals surface area contributed by atoms with E-state index in [1.807, 2.05) is 24.6 Å². The third kappa shape index (κ3) is 4.59. The van der Waals surface area contributed by atoms with E-state index in [0.717, 1.165) is 30.7 Å². The fourth-order valence-electron chi connectivity index (χ4n) is 3.38. The highest BCUT2D eigenvalue weighted by Crippen LogP contribution is 2.26. The largest absolute Gasteiger partial charge is 0.370 e. The second-order valence-electron chi connectivity index (χ2n) is 7.20. The topological polar surface area (TPSA) is 67.6 Å². The van der Waals surface area contributed by atoms with Crippen LogP contribution in [0.3, 0.4) is 0 Å². The summed E-state index contributed by atoms with van der Waals surface area (Å²) in [7, 11) is 1.96. The van der Waals surface area contributed by atoms with Gasteiger partial charge in [-0.25, -0.2) is 4.99 Å². The number of nitrogens with one attached hydrogen (secondary N) is 1. The number of hydrogen-bond donors (Lipinski definition) is 1. The van der Waals surface area contributed by atoms with E-state index in [1.54, 1.807) is 0 Å². The number of benzene rings is 1. The molecule has 2 heterocycles. The van der Waals surface area contributed by atoms with Gasteiger partial charge in [0.2, 0.25) is 0 Å². The van der Waals surface area contributed by atoms with E-state index < -0.39 is 0 Å². The van der Waals surface area contributed by atoms with Crippen molar-refractivity contribution in [3.8, 4) is 0 Å². The fraction of sp³-hybridized carbons (Fsp3) is 0.476. The normalized spacial score (nSPS) is 17.6. The predicted octanol–water partition coefficient (Wildman–Crippen LogP) is 2.45. The molecule has 0 bridgehead atoms. The van der Waals surface area contributed by atoms with Crippen molar-refractivity contribution >= 4 is 5.96 Å². The van der Waals surface area contributed by atoms with Gasteiger partial charge in [0.05, 0.1) is 13.2 Å². The summed E-state index contributed by atoms with van der Waals surface area (Å²) in [6.45, 7) is 13.3. The molecule has 1 saturated heterocycles. The number of nitrogens with zero attached hydrogens (tertiary/aromatic N) is 5. The molecule has 0 radical (unpaired) electrons. The van der Waals surface area contributed by atoms with Gasteiger partial charge in [-0.05, 0) is 31.9 Å². The molecule has 2 aromatic rings. The van der Waals surface area contributed by atoms with Gasteiger partial charge in [-0.2, -0.15) is 0 Å². The lowest BCUT2D eigenvalue weighted by molar-refractivity contribution is -0.00832. The summed E-state index contributed by atoms with van der Waals surface area (Å²) in [5.74, 6) is 2.57. The van der Waals surface area contributed by atoms with Crippen LogP contribution < -0.4 is 5.32 Å².